The minimum absolute atomic E-state index is 0.0735. The highest BCUT2D eigenvalue weighted by molar-refractivity contribution is 5.71. The lowest BCUT2D eigenvalue weighted by Crippen LogP contribution is -2.30. The second-order valence-electron chi connectivity index (χ2n) is 21.3. The number of carbonyl (C=O) groups is 3. The summed E-state index contributed by atoms with van der Waals surface area (Å²) >= 11 is 0. The fourth-order valence-corrected chi connectivity index (χ4v) is 9.36. The first-order valence-electron chi connectivity index (χ1n) is 31.5. The maximum Gasteiger partial charge on any atom is 0.306 e. The zero-order chi connectivity index (χ0) is 51.4. The van der Waals surface area contributed by atoms with Gasteiger partial charge in [-0.2, -0.15) is 0 Å². The van der Waals surface area contributed by atoms with Crippen molar-refractivity contribution in [3.8, 4) is 0 Å². The van der Waals surface area contributed by atoms with Gasteiger partial charge in [0.2, 0.25) is 0 Å². The molecule has 6 heteroatoms. The van der Waals surface area contributed by atoms with E-state index in [2.05, 4.69) is 57.2 Å². The number of ether oxygens (including phenoxy) is 3. The first-order valence-corrected chi connectivity index (χ1v) is 31.5. The molecule has 71 heavy (non-hydrogen) atoms. The largest absolute Gasteiger partial charge is 0.462 e. The summed E-state index contributed by atoms with van der Waals surface area (Å²) in [6.07, 6.45) is 73.0. The van der Waals surface area contributed by atoms with Gasteiger partial charge in [0.15, 0.2) is 6.10 Å². The Morgan fingerprint density at radius 2 is 0.535 bits per heavy atom. The van der Waals surface area contributed by atoms with Crippen molar-refractivity contribution >= 4 is 17.9 Å². The first kappa shape index (κ1) is 68.6. The smallest absolute Gasteiger partial charge is 0.306 e. The van der Waals surface area contributed by atoms with Crippen LogP contribution in [0.2, 0.25) is 0 Å². The van der Waals surface area contributed by atoms with Gasteiger partial charge < -0.3 is 14.2 Å². The highest BCUT2D eigenvalue weighted by Crippen LogP contribution is 2.17. The van der Waals surface area contributed by atoms with E-state index >= 15 is 0 Å². The Balaban J connectivity index is 4.16. The number of rotatable bonds is 58. The Kier molecular flexibility index (Phi) is 58.2. The first-order chi connectivity index (χ1) is 35.0. The molecule has 0 aromatic rings. The number of carbonyl (C=O) groups excluding carboxylic acids is 3. The number of unbranched alkanes of at least 4 members (excludes halogenated alkanes) is 41. The topological polar surface area (TPSA) is 78.9 Å². The third-order valence-electron chi connectivity index (χ3n) is 14.1. The number of esters is 3. The normalized spacial score (nSPS) is 12.2. The lowest BCUT2D eigenvalue weighted by Gasteiger charge is -2.18. The predicted molar refractivity (Wildman–Crippen MR) is 307 cm³/mol. The second kappa shape index (κ2) is 60.2. The van der Waals surface area contributed by atoms with E-state index in [1.165, 1.54) is 212 Å². The van der Waals surface area contributed by atoms with E-state index in [4.69, 9.17) is 14.2 Å². The molecule has 0 aliphatic heterocycles. The van der Waals surface area contributed by atoms with Crippen LogP contribution in [-0.2, 0) is 28.6 Å². The van der Waals surface area contributed by atoms with Crippen LogP contribution < -0.4 is 0 Å². The van der Waals surface area contributed by atoms with Crippen LogP contribution in [0.25, 0.3) is 0 Å². The van der Waals surface area contributed by atoms with E-state index in [1.54, 1.807) is 0 Å². The van der Waals surface area contributed by atoms with Gasteiger partial charge in [-0.15, -0.1) is 0 Å². The summed E-state index contributed by atoms with van der Waals surface area (Å²) < 4.78 is 16.9. The van der Waals surface area contributed by atoms with Crippen molar-refractivity contribution in [3.05, 3.63) is 36.5 Å². The Morgan fingerprint density at radius 1 is 0.282 bits per heavy atom. The molecule has 0 fully saturated rings. The summed E-state index contributed by atoms with van der Waals surface area (Å²) in [7, 11) is 0. The lowest BCUT2D eigenvalue weighted by molar-refractivity contribution is -0.167. The van der Waals surface area contributed by atoms with E-state index in [9.17, 15) is 14.4 Å². The number of hydrogen-bond acceptors (Lipinski definition) is 6. The van der Waals surface area contributed by atoms with Gasteiger partial charge >= 0.3 is 17.9 Å². The standard InChI is InChI=1S/C65H120O6/c1-4-7-10-13-16-19-22-25-26-27-28-29-30-31-32-33-34-35-36-37-38-41-43-46-49-52-55-58-64(67)70-61-62(71-65(68)59-56-53-50-47-44-40-24-21-18-15-12-9-6-3)60-69-63(66)57-54-51-48-45-42-39-23-20-17-14-11-8-5-2/h12,15,21,24,27-28,62H,4-11,13-14,16-20,22-23,25-26,29-61H2,1-3H3/b15-12-,24-21-,28-27-. The van der Waals surface area contributed by atoms with Crippen LogP contribution in [-0.4, -0.2) is 37.2 Å². The van der Waals surface area contributed by atoms with E-state index in [1.807, 2.05) is 0 Å². The molecule has 416 valence electrons. The van der Waals surface area contributed by atoms with Gasteiger partial charge in [-0.05, 0) is 70.6 Å². The third kappa shape index (κ3) is 58.4. The molecule has 0 aromatic heterocycles. The van der Waals surface area contributed by atoms with E-state index < -0.39 is 6.10 Å². The summed E-state index contributed by atoms with van der Waals surface area (Å²) in [5.41, 5.74) is 0. The van der Waals surface area contributed by atoms with Crippen LogP contribution in [0.15, 0.2) is 36.5 Å². The molecule has 0 aromatic carbocycles. The molecule has 0 spiro atoms. The monoisotopic (exact) mass is 997 g/mol. The quantitative estimate of drug-likeness (QED) is 0.0261. The summed E-state index contributed by atoms with van der Waals surface area (Å²) in [5, 5.41) is 0. The van der Waals surface area contributed by atoms with Gasteiger partial charge in [-0.3, -0.25) is 14.4 Å². The summed E-state index contributed by atoms with van der Waals surface area (Å²) in [6, 6.07) is 0. The molecular formula is C65H120O6. The molecule has 0 bridgehead atoms. The molecule has 0 amide bonds. The fraction of sp³-hybridized carbons (Fsp3) is 0.862. The van der Waals surface area contributed by atoms with E-state index in [0.717, 1.165) is 89.9 Å². The lowest BCUT2D eigenvalue weighted by atomic mass is 10.0. The Morgan fingerprint density at radius 3 is 0.845 bits per heavy atom. The molecule has 0 radical (unpaired) electrons. The Hall–Kier alpha value is -2.37. The minimum Gasteiger partial charge on any atom is -0.462 e. The molecule has 6 nitrogen and oxygen atoms in total. The Bertz CT molecular complexity index is 1190. The molecular weight excluding hydrogens is 877 g/mol. The zero-order valence-corrected chi connectivity index (χ0v) is 47.8. The van der Waals surface area contributed by atoms with Gasteiger partial charge in [0, 0.05) is 19.3 Å². The molecule has 0 saturated carbocycles. The molecule has 1 atom stereocenters. The molecule has 0 aliphatic carbocycles. The van der Waals surface area contributed by atoms with Gasteiger partial charge in [0.25, 0.3) is 0 Å². The SMILES string of the molecule is CCC/C=C\C/C=C\CCCCCCCC(=O)OC(COC(=O)CCCCCCCCCCCCCCC)COC(=O)CCCCCCCCCCCCCCCCC/C=C\CCCCCCCCCC. The molecule has 0 rings (SSSR count). The summed E-state index contributed by atoms with van der Waals surface area (Å²) in [5.74, 6) is -0.868. The Labute approximate surface area is 442 Å². The van der Waals surface area contributed by atoms with Crippen molar-refractivity contribution in [1.29, 1.82) is 0 Å². The van der Waals surface area contributed by atoms with Gasteiger partial charge in [0.1, 0.15) is 13.2 Å². The average molecular weight is 998 g/mol. The van der Waals surface area contributed by atoms with Gasteiger partial charge in [-0.25, -0.2) is 0 Å². The number of hydrogen-bond donors (Lipinski definition) is 0. The second-order valence-corrected chi connectivity index (χ2v) is 21.3. The van der Waals surface area contributed by atoms with Crippen molar-refractivity contribution in [2.45, 2.75) is 348 Å². The van der Waals surface area contributed by atoms with Crippen molar-refractivity contribution < 1.29 is 28.6 Å². The number of allylic oxidation sites excluding steroid dienone is 6. The molecule has 0 saturated heterocycles. The maximum atomic E-state index is 12.8. The van der Waals surface area contributed by atoms with E-state index in [0.29, 0.717) is 19.3 Å². The predicted octanol–water partition coefficient (Wildman–Crippen LogP) is 21.2. The van der Waals surface area contributed by atoms with Crippen LogP contribution >= 0.6 is 0 Å². The molecule has 0 heterocycles. The average Bonchev–Trinajstić information content (AvgIpc) is 3.37. The summed E-state index contributed by atoms with van der Waals surface area (Å²) in [6.45, 7) is 6.61. The summed E-state index contributed by atoms with van der Waals surface area (Å²) in [4.78, 5) is 38.2. The minimum atomic E-state index is -0.776. The van der Waals surface area contributed by atoms with Crippen LogP contribution in [0.4, 0.5) is 0 Å². The van der Waals surface area contributed by atoms with Gasteiger partial charge in [-0.1, -0.05) is 288 Å². The van der Waals surface area contributed by atoms with Crippen molar-refractivity contribution in [1.82, 2.24) is 0 Å². The molecule has 1 unspecified atom stereocenters. The van der Waals surface area contributed by atoms with Crippen LogP contribution in [0.3, 0.4) is 0 Å². The van der Waals surface area contributed by atoms with Crippen molar-refractivity contribution in [2.24, 2.45) is 0 Å². The van der Waals surface area contributed by atoms with Crippen molar-refractivity contribution in [3.63, 3.8) is 0 Å². The highest BCUT2D eigenvalue weighted by atomic mass is 16.6. The van der Waals surface area contributed by atoms with Crippen LogP contribution in [0.1, 0.15) is 342 Å². The zero-order valence-electron chi connectivity index (χ0n) is 47.8. The molecule has 0 N–H and O–H groups in total. The fourth-order valence-electron chi connectivity index (χ4n) is 9.36. The molecule has 0 aliphatic rings. The van der Waals surface area contributed by atoms with Crippen LogP contribution in [0.5, 0.6) is 0 Å². The van der Waals surface area contributed by atoms with E-state index in [-0.39, 0.29) is 31.1 Å². The third-order valence-corrected chi connectivity index (χ3v) is 14.1. The highest BCUT2D eigenvalue weighted by Gasteiger charge is 2.19. The van der Waals surface area contributed by atoms with Gasteiger partial charge in [0.05, 0.1) is 0 Å². The maximum absolute atomic E-state index is 12.8. The van der Waals surface area contributed by atoms with Crippen LogP contribution in [0, 0.1) is 0 Å². The van der Waals surface area contributed by atoms with Crippen molar-refractivity contribution in [2.75, 3.05) is 13.2 Å².